The second kappa shape index (κ2) is 7.88. The third-order valence-corrected chi connectivity index (χ3v) is 4.18. The number of carbonyl (C=O) groups is 1. The van der Waals surface area contributed by atoms with E-state index in [0.29, 0.717) is 18.3 Å². The third-order valence-electron chi connectivity index (χ3n) is 4.18. The van der Waals surface area contributed by atoms with Crippen molar-refractivity contribution < 1.29 is 4.79 Å². The van der Waals surface area contributed by atoms with Crippen LogP contribution in [0.15, 0.2) is 42.6 Å². The number of ketones is 1. The fourth-order valence-corrected chi connectivity index (χ4v) is 2.20. The number of hydrogen-bond acceptors (Lipinski definition) is 2. The van der Waals surface area contributed by atoms with E-state index < -0.39 is 0 Å². The zero-order valence-electron chi connectivity index (χ0n) is 13.1. The Bertz CT molecular complexity index is 438. The summed E-state index contributed by atoms with van der Waals surface area (Å²) in [6.45, 7) is 12.3. The van der Waals surface area contributed by atoms with Gasteiger partial charge in [0.2, 0.25) is 0 Å². The molecule has 1 N–H and O–H groups in total. The molecule has 2 heteroatoms. The van der Waals surface area contributed by atoms with Crippen molar-refractivity contribution >= 4 is 5.78 Å². The van der Waals surface area contributed by atoms with Crippen LogP contribution in [0.2, 0.25) is 0 Å². The van der Waals surface area contributed by atoms with Gasteiger partial charge in [-0.05, 0) is 30.7 Å². The Kier molecular flexibility index (Phi) is 6.50. The van der Waals surface area contributed by atoms with Gasteiger partial charge >= 0.3 is 0 Å². The summed E-state index contributed by atoms with van der Waals surface area (Å²) in [6.07, 6.45) is 1.83. The fourth-order valence-electron chi connectivity index (χ4n) is 2.20. The van der Waals surface area contributed by atoms with Gasteiger partial charge in [0, 0.05) is 5.70 Å². The number of rotatable bonds is 8. The molecule has 0 saturated carbocycles. The molecule has 0 radical (unpaired) electrons. The number of benzene rings is 1. The van der Waals surface area contributed by atoms with E-state index in [1.807, 2.05) is 18.2 Å². The van der Waals surface area contributed by atoms with Crippen molar-refractivity contribution in [2.75, 3.05) is 0 Å². The van der Waals surface area contributed by atoms with Gasteiger partial charge in [-0.15, -0.1) is 0 Å². The van der Waals surface area contributed by atoms with Crippen molar-refractivity contribution in [3.05, 3.63) is 48.2 Å². The zero-order chi connectivity index (χ0) is 15.1. The van der Waals surface area contributed by atoms with Crippen molar-refractivity contribution in [1.82, 2.24) is 5.32 Å². The summed E-state index contributed by atoms with van der Waals surface area (Å²) in [5.41, 5.74) is 2.14. The highest BCUT2D eigenvalue weighted by molar-refractivity contribution is 5.82. The first-order valence-electron chi connectivity index (χ1n) is 7.45. The molecule has 0 amide bonds. The summed E-state index contributed by atoms with van der Waals surface area (Å²) in [5, 5.41) is 3.34. The number of hydrogen-bond donors (Lipinski definition) is 1. The largest absolute Gasteiger partial charge is 0.379 e. The maximum absolute atomic E-state index is 11.8. The van der Waals surface area contributed by atoms with E-state index in [0.717, 1.165) is 12.1 Å². The molecule has 0 spiro atoms. The summed E-state index contributed by atoms with van der Waals surface area (Å²) >= 11 is 0. The highest BCUT2D eigenvalue weighted by Crippen LogP contribution is 2.20. The fraction of sp³-hybridized carbons (Fsp3) is 0.500. The Labute approximate surface area is 123 Å². The van der Waals surface area contributed by atoms with Gasteiger partial charge in [-0.3, -0.25) is 4.79 Å². The smallest absolute Gasteiger partial charge is 0.152 e. The SMILES string of the molecule is C=C(NC(Cc1ccccc1)C(C)=O)C(C)C(C)CC. The lowest BCUT2D eigenvalue weighted by Gasteiger charge is -2.26. The van der Waals surface area contributed by atoms with Crippen LogP contribution in [-0.4, -0.2) is 11.8 Å². The van der Waals surface area contributed by atoms with Gasteiger partial charge in [0.05, 0.1) is 6.04 Å². The average molecular weight is 273 g/mol. The van der Waals surface area contributed by atoms with Crippen LogP contribution >= 0.6 is 0 Å². The summed E-state index contributed by atoms with van der Waals surface area (Å²) < 4.78 is 0. The van der Waals surface area contributed by atoms with E-state index in [9.17, 15) is 4.79 Å². The average Bonchev–Trinajstić information content (AvgIpc) is 2.45. The molecule has 3 unspecified atom stereocenters. The molecular formula is C18H27NO. The molecule has 1 rings (SSSR count). The van der Waals surface area contributed by atoms with Crippen LogP contribution < -0.4 is 5.32 Å². The minimum atomic E-state index is -0.184. The highest BCUT2D eigenvalue weighted by atomic mass is 16.1. The van der Waals surface area contributed by atoms with Crippen molar-refractivity contribution in [2.24, 2.45) is 11.8 Å². The number of Topliss-reactive ketones (excluding diaryl/α,β-unsaturated/α-hetero) is 1. The third kappa shape index (κ3) is 4.84. The Morgan fingerprint density at radius 3 is 2.35 bits per heavy atom. The van der Waals surface area contributed by atoms with E-state index in [1.54, 1.807) is 6.92 Å². The molecule has 1 aromatic rings. The summed E-state index contributed by atoms with van der Waals surface area (Å²) in [6, 6.07) is 9.92. The second-order valence-corrected chi connectivity index (χ2v) is 5.70. The standard InChI is InChI=1S/C18H27NO/c1-6-13(2)14(3)15(4)19-18(16(5)20)12-17-10-8-7-9-11-17/h7-11,13-14,18-19H,4,6,12H2,1-3,5H3. The maximum atomic E-state index is 11.8. The molecule has 0 aliphatic heterocycles. The first-order chi connectivity index (χ1) is 9.45. The summed E-state index contributed by atoms with van der Waals surface area (Å²) in [5.74, 6) is 1.10. The van der Waals surface area contributed by atoms with Crippen LogP contribution in [0, 0.1) is 11.8 Å². The first kappa shape index (κ1) is 16.5. The Balaban J connectivity index is 2.68. The maximum Gasteiger partial charge on any atom is 0.152 e. The summed E-state index contributed by atoms with van der Waals surface area (Å²) in [7, 11) is 0. The van der Waals surface area contributed by atoms with Gasteiger partial charge in [0.15, 0.2) is 5.78 Å². The van der Waals surface area contributed by atoms with E-state index >= 15 is 0 Å². The van der Waals surface area contributed by atoms with Gasteiger partial charge in [0.1, 0.15) is 0 Å². The van der Waals surface area contributed by atoms with Crippen LogP contribution in [0.25, 0.3) is 0 Å². The lowest BCUT2D eigenvalue weighted by Crippen LogP contribution is -2.38. The van der Waals surface area contributed by atoms with Crippen LogP contribution in [0.1, 0.15) is 39.7 Å². The molecule has 1 aromatic carbocycles. The van der Waals surface area contributed by atoms with Crippen molar-refractivity contribution in [2.45, 2.75) is 46.6 Å². The normalized spacial score (nSPS) is 15.2. The van der Waals surface area contributed by atoms with E-state index in [-0.39, 0.29) is 11.8 Å². The Morgan fingerprint density at radius 1 is 1.25 bits per heavy atom. The van der Waals surface area contributed by atoms with Gasteiger partial charge in [0.25, 0.3) is 0 Å². The Hall–Kier alpha value is -1.57. The predicted molar refractivity (Wildman–Crippen MR) is 85.5 cm³/mol. The minimum Gasteiger partial charge on any atom is -0.379 e. The molecule has 3 atom stereocenters. The molecule has 20 heavy (non-hydrogen) atoms. The van der Waals surface area contributed by atoms with Crippen molar-refractivity contribution in [3.8, 4) is 0 Å². The van der Waals surface area contributed by atoms with Gasteiger partial charge < -0.3 is 5.32 Å². The number of nitrogens with one attached hydrogen (secondary N) is 1. The first-order valence-corrected chi connectivity index (χ1v) is 7.45. The highest BCUT2D eigenvalue weighted by Gasteiger charge is 2.19. The van der Waals surface area contributed by atoms with Gasteiger partial charge in [-0.2, -0.15) is 0 Å². The van der Waals surface area contributed by atoms with E-state index in [4.69, 9.17) is 0 Å². The Morgan fingerprint density at radius 2 is 1.85 bits per heavy atom. The molecular weight excluding hydrogens is 246 g/mol. The quantitative estimate of drug-likeness (QED) is 0.776. The van der Waals surface area contributed by atoms with Crippen LogP contribution in [0.3, 0.4) is 0 Å². The van der Waals surface area contributed by atoms with E-state index in [1.165, 1.54) is 5.56 Å². The molecule has 110 valence electrons. The molecule has 0 aliphatic carbocycles. The van der Waals surface area contributed by atoms with Crippen LogP contribution in [0.5, 0.6) is 0 Å². The zero-order valence-corrected chi connectivity index (χ0v) is 13.1. The second-order valence-electron chi connectivity index (χ2n) is 5.70. The molecule has 0 aliphatic rings. The minimum absolute atomic E-state index is 0.159. The summed E-state index contributed by atoms with van der Waals surface area (Å²) in [4.78, 5) is 11.8. The van der Waals surface area contributed by atoms with Crippen LogP contribution in [0.4, 0.5) is 0 Å². The number of carbonyl (C=O) groups excluding carboxylic acids is 1. The predicted octanol–water partition coefficient (Wildman–Crippen LogP) is 3.97. The van der Waals surface area contributed by atoms with Crippen molar-refractivity contribution in [3.63, 3.8) is 0 Å². The monoisotopic (exact) mass is 273 g/mol. The molecule has 2 nitrogen and oxygen atoms in total. The van der Waals surface area contributed by atoms with Crippen molar-refractivity contribution in [1.29, 1.82) is 0 Å². The van der Waals surface area contributed by atoms with Gasteiger partial charge in [-0.1, -0.05) is 64.1 Å². The van der Waals surface area contributed by atoms with Gasteiger partial charge in [-0.25, -0.2) is 0 Å². The topological polar surface area (TPSA) is 29.1 Å². The lowest BCUT2D eigenvalue weighted by molar-refractivity contribution is -0.118. The molecule has 0 bridgehead atoms. The molecule has 0 fully saturated rings. The molecule has 0 aromatic heterocycles. The van der Waals surface area contributed by atoms with E-state index in [2.05, 4.69) is 44.8 Å². The van der Waals surface area contributed by atoms with Crippen LogP contribution in [-0.2, 0) is 11.2 Å². The number of allylic oxidation sites excluding steroid dienone is 1. The molecule has 0 saturated heterocycles. The molecule has 0 heterocycles. The lowest BCUT2D eigenvalue weighted by atomic mass is 9.90.